The number of anilines is 1. The van der Waals surface area contributed by atoms with E-state index in [1.165, 1.54) is 0 Å². The predicted octanol–water partition coefficient (Wildman–Crippen LogP) is 4.67. The molecule has 0 atom stereocenters. The number of benzene rings is 2. The summed E-state index contributed by atoms with van der Waals surface area (Å²) in [5.41, 5.74) is 2.46. The molecule has 5 heteroatoms. The number of rotatable bonds is 3. The Bertz CT molecular complexity index is 858. The molecule has 2 N–H and O–H groups in total. The summed E-state index contributed by atoms with van der Waals surface area (Å²) >= 11 is 6.92. The Morgan fingerprint density at radius 2 is 1.86 bits per heavy atom. The summed E-state index contributed by atoms with van der Waals surface area (Å²) in [6.45, 7) is 0.473. The number of pyridine rings is 1. The van der Waals surface area contributed by atoms with Gasteiger partial charge in [0.15, 0.2) is 0 Å². The molecule has 1 heterocycles. The van der Waals surface area contributed by atoms with Crippen molar-refractivity contribution in [3.05, 3.63) is 73.4 Å². The molecule has 0 unspecified atom stereocenters. The topological polar surface area (TPSA) is 44.9 Å². The molecule has 0 aliphatic rings. The highest BCUT2D eigenvalue weighted by Crippen LogP contribution is 2.26. The molecular formula is C16H12Br2N2O. The smallest absolute Gasteiger partial charge is 0.253 e. The van der Waals surface area contributed by atoms with Crippen molar-refractivity contribution in [1.82, 2.24) is 4.98 Å². The minimum atomic E-state index is -0.0607. The van der Waals surface area contributed by atoms with Crippen molar-refractivity contribution in [3.8, 4) is 0 Å². The standard InChI is InChI=1S/C16H12Br2N2O/c17-12-5-6-15(13(18)8-12)19-9-11-7-10-3-1-2-4-14(10)20-16(11)21/h1-8,19H,9H2,(H,20,21). The van der Waals surface area contributed by atoms with E-state index in [1.807, 2.05) is 48.5 Å². The Kier molecular flexibility index (Phi) is 4.12. The Morgan fingerprint density at radius 3 is 2.67 bits per heavy atom. The lowest BCUT2D eigenvalue weighted by Gasteiger charge is -2.09. The van der Waals surface area contributed by atoms with E-state index in [9.17, 15) is 4.79 Å². The normalized spacial score (nSPS) is 10.8. The van der Waals surface area contributed by atoms with Gasteiger partial charge in [-0.05, 0) is 51.6 Å². The fourth-order valence-corrected chi connectivity index (χ4v) is 3.33. The minimum Gasteiger partial charge on any atom is -0.380 e. The highest BCUT2D eigenvalue weighted by Gasteiger charge is 2.04. The third-order valence-corrected chi connectivity index (χ3v) is 4.38. The Morgan fingerprint density at radius 1 is 1.05 bits per heavy atom. The molecule has 21 heavy (non-hydrogen) atoms. The van der Waals surface area contributed by atoms with Crippen molar-refractivity contribution < 1.29 is 0 Å². The lowest BCUT2D eigenvalue weighted by molar-refractivity contribution is 1.09. The van der Waals surface area contributed by atoms with Crippen molar-refractivity contribution in [2.75, 3.05) is 5.32 Å². The van der Waals surface area contributed by atoms with Gasteiger partial charge in [0.1, 0.15) is 0 Å². The molecule has 0 saturated heterocycles. The van der Waals surface area contributed by atoms with Gasteiger partial charge in [0.25, 0.3) is 5.56 Å². The molecule has 3 rings (SSSR count). The minimum absolute atomic E-state index is 0.0607. The molecule has 1 aromatic heterocycles. The van der Waals surface area contributed by atoms with Crippen molar-refractivity contribution >= 4 is 48.5 Å². The van der Waals surface area contributed by atoms with Gasteiger partial charge in [0.2, 0.25) is 0 Å². The molecule has 0 fully saturated rings. The van der Waals surface area contributed by atoms with Gasteiger partial charge in [-0.3, -0.25) is 4.79 Å². The average Bonchev–Trinajstić information content (AvgIpc) is 2.46. The molecule has 2 aromatic carbocycles. The van der Waals surface area contributed by atoms with Gasteiger partial charge in [-0.25, -0.2) is 0 Å². The fourth-order valence-electron chi connectivity index (χ4n) is 2.15. The molecule has 3 aromatic rings. The molecule has 0 amide bonds. The monoisotopic (exact) mass is 406 g/mol. The van der Waals surface area contributed by atoms with Crippen LogP contribution in [0.15, 0.2) is 62.3 Å². The van der Waals surface area contributed by atoms with Crippen LogP contribution in [-0.2, 0) is 6.54 Å². The number of hydrogen-bond acceptors (Lipinski definition) is 2. The van der Waals surface area contributed by atoms with Crippen LogP contribution >= 0.6 is 31.9 Å². The summed E-state index contributed by atoms with van der Waals surface area (Å²) in [5.74, 6) is 0. The van der Waals surface area contributed by atoms with Crippen molar-refractivity contribution in [2.45, 2.75) is 6.54 Å². The second-order valence-corrected chi connectivity index (χ2v) is 6.46. The maximum atomic E-state index is 12.1. The summed E-state index contributed by atoms with van der Waals surface area (Å²) in [5, 5.41) is 4.31. The summed E-state index contributed by atoms with van der Waals surface area (Å²) in [7, 11) is 0. The lowest BCUT2D eigenvalue weighted by atomic mass is 10.1. The molecule has 106 valence electrons. The number of para-hydroxylation sites is 1. The Hall–Kier alpha value is -1.59. The van der Waals surface area contributed by atoms with Crippen LogP contribution in [0.1, 0.15) is 5.56 Å². The zero-order valence-electron chi connectivity index (χ0n) is 11.0. The second kappa shape index (κ2) is 6.03. The number of aromatic amines is 1. The highest BCUT2D eigenvalue weighted by atomic mass is 79.9. The first-order valence-electron chi connectivity index (χ1n) is 6.43. The van der Waals surface area contributed by atoms with Gasteiger partial charge in [-0.15, -0.1) is 0 Å². The van der Waals surface area contributed by atoms with E-state index < -0.39 is 0 Å². The Labute approximate surface area is 138 Å². The molecule has 0 aliphatic heterocycles. The van der Waals surface area contributed by atoms with Crippen LogP contribution in [0, 0.1) is 0 Å². The van der Waals surface area contributed by atoms with Gasteiger partial charge in [-0.1, -0.05) is 34.1 Å². The van der Waals surface area contributed by atoms with E-state index in [2.05, 4.69) is 42.2 Å². The van der Waals surface area contributed by atoms with Gasteiger partial charge in [0, 0.05) is 32.3 Å². The summed E-state index contributed by atoms with van der Waals surface area (Å²) in [6, 6.07) is 15.6. The van der Waals surface area contributed by atoms with Crippen molar-refractivity contribution in [2.24, 2.45) is 0 Å². The largest absolute Gasteiger partial charge is 0.380 e. The van der Waals surface area contributed by atoms with Crippen LogP contribution in [0.5, 0.6) is 0 Å². The second-order valence-electron chi connectivity index (χ2n) is 4.69. The number of aromatic nitrogens is 1. The van der Waals surface area contributed by atoms with Gasteiger partial charge in [0.05, 0.1) is 0 Å². The summed E-state index contributed by atoms with van der Waals surface area (Å²) in [4.78, 5) is 15.0. The van der Waals surface area contributed by atoms with Crippen LogP contribution in [0.2, 0.25) is 0 Å². The van der Waals surface area contributed by atoms with E-state index in [4.69, 9.17) is 0 Å². The SMILES string of the molecule is O=c1[nH]c2ccccc2cc1CNc1ccc(Br)cc1Br. The van der Waals surface area contributed by atoms with Crippen LogP contribution in [0.3, 0.4) is 0 Å². The average molecular weight is 408 g/mol. The number of halogens is 2. The van der Waals surface area contributed by atoms with E-state index in [-0.39, 0.29) is 5.56 Å². The third kappa shape index (κ3) is 3.19. The number of H-pyrrole nitrogens is 1. The zero-order valence-corrected chi connectivity index (χ0v) is 14.2. The van der Waals surface area contributed by atoms with E-state index in [1.54, 1.807) is 0 Å². The first-order valence-corrected chi connectivity index (χ1v) is 8.02. The van der Waals surface area contributed by atoms with Gasteiger partial charge in [-0.2, -0.15) is 0 Å². The Balaban J connectivity index is 1.88. The van der Waals surface area contributed by atoms with E-state index in [0.29, 0.717) is 12.1 Å². The molecule has 3 nitrogen and oxygen atoms in total. The van der Waals surface area contributed by atoms with Crippen LogP contribution in [0.4, 0.5) is 5.69 Å². The molecule has 0 spiro atoms. The fraction of sp³-hybridized carbons (Fsp3) is 0.0625. The van der Waals surface area contributed by atoms with Gasteiger partial charge >= 0.3 is 0 Å². The molecule has 0 bridgehead atoms. The van der Waals surface area contributed by atoms with Gasteiger partial charge < -0.3 is 10.3 Å². The highest BCUT2D eigenvalue weighted by molar-refractivity contribution is 9.11. The third-order valence-electron chi connectivity index (χ3n) is 3.23. The van der Waals surface area contributed by atoms with E-state index in [0.717, 1.165) is 25.5 Å². The first kappa shape index (κ1) is 14.4. The quantitative estimate of drug-likeness (QED) is 0.662. The molecule has 0 saturated carbocycles. The molecule has 0 aliphatic carbocycles. The summed E-state index contributed by atoms with van der Waals surface area (Å²) in [6.07, 6.45) is 0. The maximum absolute atomic E-state index is 12.1. The van der Waals surface area contributed by atoms with Crippen molar-refractivity contribution in [1.29, 1.82) is 0 Å². The maximum Gasteiger partial charge on any atom is 0.253 e. The molecule has 0 radical (unpaired) electrons. The van der Waals surface area contributed by atoms with E-state index >= 15 is 0 Å². The number of fused-ring (bicyclic) bond motifs is 1. The summed E-state index contributed by atoms with van der Waals surface area (Å²) < 4.78 is 1.96. The van der Waals surface area contributed by atoms with Crippen molar-refractivity contribution in [3.63, 3.8) is 0 Å². The van der Waals surface area contributed by atoms with Crippen LogP contribution in [0.25, 0.3) is 10.9 Å². The zero-order chi connectivity index (χ0) is 14.8. The number of nitrogens with one attached hydrogen (secondary N) is 2. The van der Waals surface area contributed by atoms with Crippen LogP contribution in [-0.4, -0.2) is 4.98 Å². The lowest BCUT2D eigenvalue weighted by Crippen LogP contribution is -2.15. The number of hydrogen-bond donors (Lipinski definition) is 2. The predicted molar refractivity (Wildman–Crippen MR) is 93.7 cm³/mol. The first-order chi connectivity index (χ1) is 10.1. The molecular weight excluding hydrogens is 396 g/mol. The van der Waals surface area contributed by atoms with Crippen LogP contribution < -0.4 is 10.9 Å².